The van der Waals surface area contributed by atoms with Crippen LogP contribution < -0.4 is 10.2 Å². The van der Waals surface area contributed by atoms with E-state index in [1.807, 2.05) is 19.9 Å². The van der Waals surface area contributed by atoms with E-state index in [2.05, 4.69) is 15.3 Å². The van der Waals surface area contributed by atoms with Crippen LogP contribution >= 0.6 is 0 Å². The van der Waals surface area contributed by atoms with E-state index in [0.29, 0.717) is 31.2 Å². The van der Waals surface area contributed by atoms with E-state index < -0.39 is 23.5 Å². The molecular weight excluding hydrogens is 500 g/mol. The maximum Gasteiger partial charge on any atom is 0.416 e. The number of aryl methyl sites for hydroxylation is 2. The molecule has 37 heavy (non-hydrogen) atoms. The molecule has 1 N–H and O–H groups in total. The van der Waals surface area contributed by atoms with Gasteiger partial charge in [-0.15, -0.1) is 0 Å². The average Bonchev–Trinajstić information content (AvgIpc) is 3.43. The zero-order valence-electron chi connectivity index (χ0n) is 20.8. The maximum absolute atomic E-state index is 13.2. The van der Waals surface area contributed by atoms with Gasteiger partial charge in [0, 0.05) is 50.8 Å². The van der Waals surface area contributed by atoms with Gasteiger partial charge in [-0.25, -0.2) is 4.98 Å². The first-order valence-electron chi connectivity index (χ1n) is 12.1. The molecule has 3 heterocycles. The van der Waals surface area contributed by atoms with E-state index >= 15 is 0 Å². The fourth-order valence-corrected chi connectivity index (χ4v) is 4.64. The Morgan fingerprint density at radius 1 is 1.05 bits per heavy atom. The molecule has 0 radical (unpaired) electrons. The molecule has 0 saturated carbocycles. The third kappa shape index (κ3) is 6.18. The van der Waals surface area contributed by atoms with Crippen LogP contribution in [0.15, 0.2) is 24.3 Å². The van der Waals surface area contributed by atoms with E-state index in [1.54, 1.807) is 11.7 Å². The van der Waals surface area contributed by atoms with Crippen LogP contribution in [0.2, 0.25) is 0 Å². The Labute approximate surface area is 210 Å². The summed E-state index contributed by atoms with van der Waals surface area (Å²) < 4.78 is 86.9. The summed E-state index contributed by atoms with van der Waals surface area (Å²) in [5, 5.41) is 8.28. The number of fused-ring (bicyclic) bond motifs is 1. The molecule has 0 aliphatic carbocycles. The van der Waals surface area contributed by atoms with Gasteiger partial charge < -0.3 is 15.0 Å². The lowest BCUT2D eigenvalue weighted by atomic mass is 10.0. The smallest absolute Gasteiger partial charge is 0.376 e. The zero-order valence-corrected chi connectivity index (χ0v) is 20.8. The molecule has 0 amide bonds. The highest BCUT2D eigenvalue weighted by atomic mass is 19.4. The van der Waals surface area contributed by atoms with Crippen molar-refractivity contribution in [3.63, 3.8) is 0 Å². The maximum atomic E-state index is 13.2. The summed E-state index contributed by atoms with van der Waals surface area (Å²) >= 11 is 0. The van der Waals surface area contributed by atoms with E-state index in [0.717, 1.165) is 41.6 Å². The van der Waals surface area contributed by atoms with Crippen molar-refractivity contribution in [3.8, 4) is 0 Å². The van der Waals surface area contributed by atoms with Crippen molar-refractivity contribution in [2.75, 3.05) is 24.6 Å². The Bertz CT molecular complexity index is 1210. The molecule has 1 atom stereocenters. The molecule has 1 fully saturated rings. The first-order valence-corrected chi connectivity index (χ1v) is 12.1. The minimum atomic E-state index is -4.89. The first-order chi connectivity index (χ1) is 17.4. The normalized spacial score (nSPS) is 16.6. The van der Waals surface area contributed by atoms with Gasteiger partial charge in [-0.3, -0.25) is 4.68 Å². The van der Waals surface area contributed by atoms with Crippen LogP contribution in [-0.2, 0) is 37.2 Å². The van der Waals surface area contributed by atoms with Gasteiger partial charge in [0.1, 0.15) is 5.82 Å². The van der Waals surface area contributed by atoms with Gasteiger partial charge in [-0.05, 0) is 56.5 Å². The van der Waals surface area contributed by atoms with Gasteiger partial charge in [0.2, 0.25) is 0 Å². The number of nitrogens with zero attached hydrogens (tertiary/aromatic N) is 4. The van der Waals surface area contributed by atoms with Crippen molar-refractivity contribution in [1.82, 2.24) is 20.1 Å². The highest BCUT2D eigenvalue weighted by molar-refractivity contribution is 5.81. The van der Waals surface area contributed by atoms with Gasteiger partial charge in [-0.2, -0.15) is 31.4 Å². The van der Waals surface area contributed by atoms with Gasteiger partial charge in [0.05, 0.1) is 22.9 Å². The van der Waals surface area contributed by atoms with Crippen LogP contribution in [-0.4, -0.2) is 40.6 Å². The second kappa shape index (κ2) is 10.5. The topological polar surface area (TPSA) is 55.2 Å². The van der Waals surface area contributed by atoms with Gasteiger partial charge in [-0.1, -0.05) is 0 Å². The summed E-state index contributed by atoms with van der Waals surface area (Å²) in [5.41, 5.74) is -0.541. The van der Waals surface area contributed by atoms with E-state index in [1.165, 1.54) is 0 Å². The minimum Gasteiger partial charge on any atom is -0.376 e. The number of ether oxygens (including phenoxy) is 1. The average molecular weight is 530 g/mol. The summed E-state index contributed by atoms with van der Waals surface area (Å²) in [6.07, 6.45) is -7.79. The van der Waals surface area contributed by atoms with E-state index in [9.17, 15) is 26.3 Å². The number of halogens is 6. The monoisotopic (exact) mass is 529 g/mol. The molecule has 6 nitrogen and oxygen atoms in total. The lowest BCUT2D eigenvalue weighted by Gasteiger charge is -2.27. The molecule has 1 aliphatic heterocycles. The predicted octanol–water partition coefficient (Wildman–Crippen LogP) is 5.61. The fraction of sp³-hybridized carbons (Fsp3) is 0.520. The van der Waals surface area contributed by atoms with Crippen LogP contribution in [0, 0.1) is 6.92 Å². The molecule has 3 aromatic rings. The Morgan fingerprint density at radius 2 is 1.73 bits per heavy atom. The number of pyridine rings is 1. The minimum absolute atomic E-state index is 0.0671. The number of benzene rings is 1. The predicted molar refractivity (Wildman–Crippen MR) is 127 cm³/mol. The van der Waals surface area contributed by atoms with Gasteiger partial charge >= 0.3 is 12.4 Å². The molecule has 4 rings (SSSR count). The molecule has 202 valence electrons. The molecule has 1 aliphatic rings. The van der Waals surface area contributed by atoms with Crippen LogP contribution in [0.5, 0.6) is 0 Å². The Balaban J connectivity index is 1.62. The standard InChI is InChI=1S/C25H29F6N5O/c1-4-36(14-20-6-5-7-37-20)22-17(10-21-15(2)34-35(3)23(21)33-22)13-32-12-16-8-18(24(26,27)28)11-19(9-16)25(29,30)31/h8-11,20,32H,4-7,12-14H2,1-3H3/t20-/m1/s1. The lowest BCUT2D eigenvalue weighted by molar-refractivity contribution is -0.143. The van der Waals surface area contributed by atoms with Crippen molar-refractivity contribution in [1.29, 1.82) is 0 Å². The van der Waals surface area contributed by atoms with Crippen LogP contribution in [0.3, 0.4) is 0 Å². The van der Waals surface area contributed by atoms with Crippen molar-refractivity contribution < 1.29 is 31.1 Å². The first kappa shape index (κ1) is 27.2. The summed E-state index contributed by atoms with van der Waals surface area (Å²) in [6.45, 7) is 5.83. The number of hydrogen-bond donors (Lipinski definition) is 1. The highest BCUT2D eigenvalue weighted by Crippen LogP contribution is 2.36. The van der Waals surface area contributed by atoms with E-state index in [4.69, 9.17) is 9.72 Å². The molecule has 2 aromatic heterocycles. The molecule has 0 bridgehead atoms. The van der Waals surface area contributed by atoms with Crippen molar-refractivity contribution in [3.05, 3.63) is 52.2 Å². The van der Waals surface area contributed by atoms with Crippen molar-refractivity contribution in [2.45, 2.75) is 58.2 Å². The van der Waals surface area contributed by atoms with Crippen LogP contribution in [0.4, 0.5) is 32.2 Å². The number of anilines is 1. The number of nitrogens with one attached hydrogen (secondary N) is 1. The van der Waals surface area contributed by atoms with Crippen molar-refractivity contribution in [2.24, 2.45) is 7.05 Å². The quantitative estimate of drug-likeness (QED) is 0.385. The third-order valence-corrected chi connectivity index (χ3v) is 6.48. The van der Waals surface area contributed by atoms with Crippen molar-refractivity contribution >= 4 is 16.9 Å². The zero-order chi connectivity index (χ0) is 27.0. The Morgan fingerprint density at radius 3 is 2.30 bits per heavy atom. The Hall–Kier alpha value is -2.86. The number of rotatable bonds is 8. The molecular formula is C25H29F6N5O. The molecule has 0 spiro atoms. The summed E-state index contributed by atoms with van der Waals surface area (Å²) in [4.78, 5) is 6.94. The molecule has 0 unspecified atom stereocenters. The van der Waals surface area contributed by atoms with Crippen LogP contribution in [0.25, 0.3) is 11.0 Å². The molecule has 1 aromatic carbocycles. The fourth-order valence-electron chi connectivity index (χ4n) is 4.64. The van der Waals surface area contributed by atoms with Crippen LogP contribution in [0.1, 0.15) is 47.7 Å². The number of hydrogen-bond acceptors (Lipinski definition) is 5. The second-order valence-corrected chi connectivity index (χ2v) is 9.24. The summed E-state index contributed by atoms with van der Waals surface area (Å²) in [6, 6.07) is 3.55. The number of aromatic nitrogens is 3. The lowest BCUT2D eigenvalue weighted by Crippen LogP contribution is -2.34. The summed E-state index contributed by atoms with van der Waals surface area (Å²) in [7, 11) is 1.80. The third-order valence-electron chi connectivity index (χ3n) is 6.48. The van der Waals surface area contributed by atoms with Gasteiger partial charge in [0.25, 0.3) is 0 Å². The Kier molecular flexibility index (Phi) is 7.70. The summed E-state index contributed by atoms with van der Waals surface area (Å²) in [5.74, 6) is 0.682. The SMILES string of the molecule is CCN(C[C@H]1CCCO1)c1nc2c(cc1CNCc1cc(C(F)(F)F)cc(C(F)(F)F)c1)c(C)nn2C. The number of likely N-dealkylation sites (N-methyl/N-ethyl adjacent to an activating group) is 1. The second-order valence-electron chi connectivity index (χ2n) is 9.24. The molecule has 12 heteroatoms. The van der Waals surface area contributed by atoms with Gasteiger partial charge in [0.15, 0.2) is 5.65 Å². The number of alkyl halides is 6. The largest absolute Gasteiger partial charge is 0.416 e. The highest BCUT2D eigenvalue weighted by Gasteiger charge is 2.36. The van der Waals surface area contributed by atoms with E-state index in [-0.39, 0.29) is 30.8 Å². The molecule has 1 saturated heterocycles.